The Morgan fingerprint density at radius 3 is 2.62 bits per heavy atom. The van der Waals surface area contributed by atoms with E-state index in [2.05, 4.69) is 37.1 Å². The van der Waals surface area contributed by atoms with E-state index < -0.39 is 6.09 Å². The number of aromatic nitrogens is 3. The van der Waals surface area contributed by atoms with Crippen LogP contribution in [0.3, 0.4) is 0 Å². The number of fused-ring (bicyclic) bond motifs is 1. The van der Waals surface area contributed by atoms with Crippen molar-refractivity contribution in [1.82, 2.24) is 20.3 Å². The number of rotatable bonds is 8. The summed E-state index contributed by atoms with van der Waals surface area (Å²) in [6.45, 7) is 8.52. The van der Waals surface area contributed by atoms with Crippen molar-refractivity contribution < 1.29 is 13.9 Å². The Labute approximate surface area is 199 Å². The Hall–Kier alpha value is -3.74. The molecule has 0 saturated carbocycles. The van der Waals surface area contributed by atoms with Crippen LogP contribution in [0.2, 0.25) is 0 Å². The molecule has 0 saturated heterocycles. The summed E-state index contributed by atoms with van der Waals surface area (Å²) in [5.74, 6) is 1.65. The van der Waals surface area contributed by atoms with Gasteiger partial charge in [0.2, 0.25) is 0 Å². The van der Waals surface area contributed by atoms with E-state index in [1.807, 2.05) is 43.3 Å². The van der Waals surface area contributed by atoms with Crippen molar-refractivity contribution in [2.75, 3.05) is 0 Å². The first-order valence-corrected chi connectivity index (χ1v) is 11.6. The van der Waals surface area contributed by atoms with Crippen LogP contribution in [0.4, 0.5) is 4.79 Å². The predicted molar refractivity (Wildman–Crippen MR) is 131 cm³/mol. The molecule has 176 valence electrons. The summed E-state index contributed by atoms with van der Waals surface area (Å²) < 4.78 is 11.0. The third-order valence-electron chi connectivity index (χ3n) is 5.69. The minimum absolute atomic E-state index is 0.212. The topological polar surface area (TPSA) is 90.1 Å². The van der Waals surface area contributed by atoms with Crippen LogP contribution in [0.25, 0.3) is 22.2 Å². The lowest BCUT2D eigenvalue weighted by Gasteiger charge is -2.21. The first-order valence-electron chi connectivity index (χ1n) is 11.6. The fourth-order valence-electron chi connectivity index (χ4n) is 4.01. The molecule has 4 aromatic rings. The lowest BCUT2D eigenvalue weighted by atomic mass is 10.00. The molecule has 7 nitrogen and oxygen atoms in total. The quantitative estimate of drug-likeness (QED) is 0.340. The number of hydrogen-bond acceptors (Lipinski definition) is 6. The summed E-state index contributed by atoms with van der Waals surface area (Å²) >= 11 is 0. The summed E-state index contributed by atoms with van der Waals surface area (Å²) in [6.07, 6.45) is 4.09. The normalized spacial score (nSPS) is 12.1. The number of ether oxygens (including phenoxy) is 1. The molecule has 2 aromatic carbocycles. The van der Waals surface area contributed by atoms with E-state index in [-0.39, 0.29) is 12.6 Å². The average Bonchev–Trinajstić information content (AvgIpc) is 3.36. The van der Waals surface area contributed by atoms with Gasteiger partial charge in [-0.15, -0.1) is 0 Å². The molecule has 7 heteroatoms. The molecule has 1 amide bonds. The molecule has 4 rings (SSSR count). The first kappa shape index (κ1) is 23.4. The van der Waals surface area contributed by atoms with Gasteiger partial charge in [0.25, 0.3) is 0 Å². The van der Waals surface area contributed by atoms with Gasteiger partial charge in [0.1, 0.15) is 6.61 Å². The monoisotopic (exact) mass is 458 g/mol. The maximum atomic E-state index is 12.6. The number of hydrogen-bond donors (Lipinski definition) is 1. The van der Waals surface area contributed by atoms with Gasteiger partial charge in [0.05, 0.1) is 23.4 Å². The first-order chi connectivity index (χ1) is 16.4. The van der Waals surface area contributed by atoms with Gasteiger partial charge in [0, 0.05) is 10.9 Å². The van der Waals surface area contributed by atoms with Crippen LogP contribution in [0.15, 0.2) is 59.5 Å². The number of aryl methyl sites for hydroxylation is 2. The van der Waals surface area contributed by atoms with Crippen molar-refractivity contribution in [3.8, 4) is 11.3 Å². The van der Waals surface area contributed by atoms with Crippen LogP contribution in [-0.4, -0.2) is 21.0 Å². The Bertz CT molecular complexity index is 1250. The molecule has 1 atom stereocenters. The highest BCUT2D eigenvalue weighted by Crippen LogP contribution is 2.30. The zero-order valence-corrected chi connectivity index (χ0v) is 20.0. The Morgan fingerprint density at radius 1 is 1.15 bits per heavy atom. The number of nitrogens with zero attached hydrogens (tertiary/aromatic N) is 3. The van der Waals surface area contributed by atoms with E-state index in [0.29, 0.717) is 23.9 Å². The number of nitrogens with one attached hydrogen (secondary N) is 1. The van der Waals surface area contributed by atoms with Crippen molar-refractivity contribution in [1.29, 1.82) is 0 Å². The van der Waals surface area contributed by atoms with Crippen LogP contribution in [0.1, 0.15) is 55.9 Å². The molecule has 0 aliphatic rings. The third kappa shape index (κ3) is 5.42. The minimum Gasteiger partial charge on any atom is -0.445 e. The fraction of sp³-hybridized carbons (Fsp3) is 0.333. The Kier molecular flexibility index (Phi) is 7.21. The van der Waals surface area contributed by atoms with Gasteiger partial charge in [-0.1, -0.05) is 51.1 Å². The molecule has 0 aliphatic carbocycles. The van der Waals surface area contributed by atoms with Crippen LogP contribution < -0.4 is 5.32 Å². The summed E-state index contributed by atoms with van der Waals surface area (Å²) in [5.41, 5.74) is 4.71. The number of amides is 1. The van der Waals surface area contributed by atoms with Crippen molar-refractivity contribution >= 4 is 17.0 Å². The van der Waals surface area contributed by atoms with Gasteiger partial charge >= 0.3 is 6.09 Å². The van der Waals surface area contributed by atoms with Gasteiger partial charge in [-0.05, 0) is 48.9 Å². The molecule has 34 heavy (non-hydrogen) atoms. The van der Waals surface area contributed by atoms with E-state index in [0.717, 1.165) is 39.7 Å². The van der Waals surface area contributed by atoms with E-state index in [4.69, 9.17) is 19.1 Å². The van der Waals surface area contributed by atoms with E-state index in [1.54, 1.807) is 6.20 Å². The second-order valence-corrected chi connectivity index (χ2v) is 8.82. The fourth-order valence-corrected chi connectivity index (χ4v) is 4.01. The van der Waals surface area contributed by atoms with Crippen molar-refractivity contribution in [3.63, 3.8) is 0 Å². The molecule has 0 fully saturated rings. The molecule has 2 aromatic heterocycles. The van der Waals surface area contributed by atoms with Gasteiger partial charge < -0.3 is 14.5 Å². The Balaban J connectivity index is 1.63. The number of oxazole rings is 1. The maximum Gasteiger partial charge on any atom is 0.408 e. The lowest BCUT2D eigenvalue weighted by Crippen LogP contribution is -2.31. The number of carbonyl (C=O) groups is 1. The number of carbonyl (C=O) groups excluding carboxylic acids is 1. The summed E-state index contributed by atoms with van der Waals surface area (Å²) in [6, 6.07) is 13.4. The van der Waals surface area contributed by atoms with Crippen LogP contribution >= 0.6 is 0 Å². The van der Waals surface area contributed by atoms with E-state index in [1.165, 1.54) is 6.39 Å². The highest BCUT2D eigenvalue weighted by molar-refractivity contribution is 5.87. The van der Waals surface area contributed by atoms with Gasteiger partial charge in [-0.3, -0.25) is 0 Å². The largest absolute Gasteiger partial charge is 0.445 e. The SMILES string of the molecule is CCc1nc(C(CC(C)C)NC(=O)OCc2ccccc2)nc2cc(C)c(-c3cnco3)cc12. The van der Waals surface area contributed by atoms with E-state index in [9.17, 15) is 4.79 Å². The minimum atomic E-state index is -0.479. The highest BCUT2D eigenvalue weighted by Gasteiger charge is 2.22. The highest BCUT2D eigenvalue weighted by atomic mass is 16.5. The molecule has 0 aliphatic heterocycles. The van der Waals surface area contributed by atoms with Crippen LogP contribution in [-0.2, 0) is 17.8 Å². The predicted octanol–water partition coefficient (Wildman–Crippen LogP) is 6.17. The molecule has 1 unspecified atom stereocenters. The molecular weight excluding hydrogens is 428 g/mol. The van der Waals surface area contributed by atoms with Gasteiger partial charge in [-0.2, -0.15) is 0 Å². The van der Waals surface area contributed by atoms with Crippen molar-refractivity contribution in [2.45, 2.75) is 53.2 Å². The zero-order valence-electron chi connectivity index (χ0n) is 20.0. The Morgan fingerprint density at radius 2 is 1.94 bits per heavy atom. The second kappa shape index (κ2) is 10.5. The number of alkyl carbamates (subject to hydrolysis) is 1. The van der Waals surface area contributed by atoms with Crippen LogP contribution in [0.5, 0.6) is 0 Å². The summed E-state index contributed by atoms with van der Waals surface area (Å²) in [7, 11) is 0. The van der Waals surface area contributed by atoms with Gasteiger partial charge in [-0.25, -0.2) is 19.7 Å². The standard InChI is InChI=1S/C27H30N4O3/c1-5-22-21-13-20(25-14-28-16-34-25)18(4)12-23(21)30-26(29-22)24(11-17(2)3)31-27(32)33-15-19-9-7-6-8-10-19/h6-10,12-14,16-17,24H,5,11,15H2,1-4H3,(H,31,32). The summed E-state index contributed by atoms with van der Waals surface area (Å²) in [4.78, 5) is 26.4. The molecular formula is C27H30N4O3. The third-order valence-corrected chi connectivity index (χ3v) is 5.69. The second-order valence-electron chi connectivity index (χ2n) is 8.82. The molecule has 0 spiro atoms. The van der Waals surface area contributed by atoms with E-state index >= 15 is 0 Å². The smallest absolute Gasteiger partial charge is 0.408 e. The molecule has 1 N–H and O–H groups in total. The van der Waals surface area contributed by atoms with Gasteiger partial charge in [0.15, 0.2) is 18.0 Å². The average molecular weight is 459 g/mol. The lowest BCUT2D eigenvalue weighted by molar-refractivity contribution is 0.133. The van der Waals surface area contributed by atoms with Crippen molar-refractivity contribution in [2.24, 2.45) is 5.92 Å². The number of benzene rings is 2. The zero-order chi connectivity index (χ0) is 24.1. The maximum absolute atomic E-state index is 12.6. The van der Waals surface area contributed by atoms with Crippen LogP contribution in [0, 0.1) is 12.8 Å². The molecule has 0 bridgehead atoms. The molecule has 0 radical (unpaired) electrons. The molecule has 2 heterocycles. The van der Waals surface area contributed by atoms with Crippen molar-refractivity contribution in [3.05, 3.63) is 77.7 Å². The summed E-state index contributed by atoms with van der Waals surface area (Å²) in [5, 5.41) is 3.96.